The second-order valence-corrected chi connectivity index (χ2v) is 11.8. The summed E-state index contributed by atoms with van der Waals surface area (Å²) < 4.78 is 0. The van der Waals surface area contributed by atoms with Crippen LogP contribution in [0.15, 0.2) is 84.9 Å². The van der Waals surface area contributed by atoms with Crippen LogP contribution in [0, 0.1) is 0 Å². The highest BCUT2D eigenvalue weighted by Crippen LogP contribution is 2.20. The van der Waals surface area contributed by atoms with Gasteiger partial charge in [0.25, 0.3) is 0 Å². The smallest absolute Gasteiger partial charge is 0.0406 e. The lowest BCUT2D eigenvalue weighted by Crippen LogP contribution is -2.59. The zero-order valence-corrected chi connectivity index (χ0v) is 24.2. The summed E-state index contributed by atoms with van der Waals surface area (Å²) in [5, 5.41) is 27.8. The number of hydrogen-bond donors (Lipinski definition) is 6. The van der Waals surface area contributed by atoms with E-state index in [1.54, 1.807) is 0 Å². The average Bonchev–Trinajstić information content (AvgIpc) is 2.98. The number of nitrogens with one attached hydrogen (secondary N) is 6. The van der Waals surface area contributed by atoms with Crippen LogP contribution in [0.25, 0.3) is 21.5 Å². The van der Waals surface area contributed by atoms with Gasteiger partial charge in [-0.1, -0.05) is 84.9 Å². The highest BCUT2D eigenvalue weighted by Gasteiger charge is 2.25. The van der Waals surface area contributed by atoms with Crippen LogP contribution in [0.4, 0.5) is 0 Å². The van der Waals surface area contributed by atoms with E-state index in [1.807, 2.05) is 0 Å². The van der Waals surface area contributed by atoms with E-state index in [9.17, 15) is 0 Å². The normalized spacial score (nSPS) is 23.6. The summed E-state index contributed by atoms with van der Waals surface area (Å²) in [4.78, 5) is 0. The molecule has 0 bridgehead atoms. The molecule has 6 N–H and O–H groups in total. The molecule has 1 saturated heterocycles. The standard InChI is InChI=1S/C34H46N6/c1-33(39-21-29-13-7-11-27-9-3-5-15-31(27)29)23-35-17-19-37-25-34(2,26-38-20-18-36-24-33)40-22-30-14-8-12-28-10-4-6-16-32(28)30/h3-16,35-40H,17-26H2,1-2H3. The van der Waals surface area contributed by atoms with Gasteiger partial charge in [0.15, 0.2) is 0 Å². The molecular weight excluding hydrogens is 492 g/mol. The summed E-state index contributed by atoms with van der Waals surface area (Å²) in [6, 6.07) is 30.5. The van der Waals surface area contributed by atoms with Crippen LogP contribution in [-0.4, -0.2) is 63.4 Å². The number of rotatable bonds is 6. The van der Waals surface area contributed by atoms with Crippen molar-refractivity contribution in [3.05, 3.63) is 96.1 Å². The minimum absolute atomic E-state index is 0.0599. The zero-order valence-electron chi connectivity index (χ0n) is 24.2. The quantitative estimate of drug-likeness (QED) is 0.225. The van der Waals surface area contributed by atoms with Crippen LogP contribution in [0.3, 0.4) is 0 Å². The van der Waals surface area contributed by atoms with Gasteiger partial charge in [-0.2, -0.15) is 0 Å². The second-order valence-electron chi connectivity index (χ2n) is 11.8. The molecule has 0 radical (unpaired) electrons. The molecule has 0 spiro atoms. The summed E-state index contributed by atoms with van der Waals surface area (Å²) in [5.74, 6) is 0. The molecule has 5 rings (SSSR count). The van der Waals surface area contributed by atoms with Crippen molar-refractivity contribution in [3.63, 3.8) is 0 Å². The van der Waals surface area contributed by atoms with Crippen molar-refractivity contribution >= 4 is 21.5 Å². The van der Waals surface area contributed by atoms with Crippen molar-refractivity contribution in [3.8, 4) is 0 Å². The molecule has 1 fully saturated rings. The zero-order chi connectivity index (χ0) is 27.7. The van der Waals surface area contributed by atoms with E-state index in [0.717, 1.165) is 65.4 Å². The first kappa shape index (κ1) is 28.7. The van der Waals surface area contributed by atoms with Crippen molar-refractivity contribution in [1.29, 1.82) is 0 Å². The van der Waals surface area contributed by atoms with Crippen LogP contribution in [-0.2, 0) is 13.1 Å². The third-order valence-corrected chi connectivity index (χ3v) is 8.19. The predicted octanol–water partition coefficient (Wildman–Crippen LogP) is 3.76. The largest absolute Gasteiger partial charge is 0.314 e. The van der Waals surface area contributed by atoms with Gasteiger partial charge in [0.1, 0.15) is 0 Å². The van der Waals surface area contributed by atoms with Crippen LogP contribution < -0.4 is 31.9 Å². The van der Waals surface area contributed by atoms with Crippen molar-refractivity contribution in [2.24, 2.45) is 0 Å². The summed E-state index contributed by atoms with van der Waals surface area (Å²) >= 11 is 0. The highest BCUT2D eigenvalue weighted by atomic mass is 15.1. The molecule has 6 nitrogen and oxygen atoms in total. The Labute approximate surface area is 239 Å². The number of benzene rings is 4. The Bertz CT molecular complexity index is 1240. The molecule has 1 heterocycles. The van der Waals surface area contributed by atoms with Gasteiger partial charge in [-0.25, -0.2) is 0 Å². The fraction of sp³-hybridized carbons (Fsp3) is 0.412. The van der Waals surface area contributed by atoms with Crippen LogP contribution in [0.5, 0.6) is 0 Å². The topological polar surface area (TPSA) is 72.2 Å². The Hall–Kier alpha value is -2.84. The molecule has 6 heteroatoms. The van der Waals surface area contributed by atoms with Crippen LogP contribution >= 0.6 is 0 Å². The van der Waals surface area contributed by atoms with Crippen molar-refractivity contribution < 1.29 is 0 Å². The number of fused-ring (bicyclic) bond motifs is 2. The third kappa shape index (κ3) is 7.67. The molecule has 0 unspecified atom stereocenters. The van der Waals surface area contributed by atoms with Crippen molar-refractivity contribution in [2.45, 2.75) is 38.0 Å². The minimum Gasteiger partial charge on any atom is -0.314 e. The molecule has 0 saturated carbocycles. The first-order valence-electron chi connectivity index (χ1n) is 14.8. The maximum absolute atomic E-state index is 3.87. The van der Waals surface area contributed by atoms with E-state index in [2.05, 4.69) is 131 Å². The van der Waals surface area contributed by atoms with E-state index in [0.29, 0.717) is 0 Å². The van der Waals surface area contributed by atoms with Crippen LogP contribution in [0.2, 0.25) is 0 Å². The molecule has 0 atom stereocenters. The SMILES string of the molecule is CC1(NCc2cccc3ccccc23)CNCCNCC(C)(NCc2cccc3ccccc23)CNCCNC1. The van der Waals surface area contributed by atoms with Gasteiger partial charge in [-0.05, 0) is 46.5 Å². The maximum Gasteiger partial charge on any atom is 0.0406 e. The fourth-order valence-corrected chi connectivity index (χ4v) is 5.70. The lowest BCUT2D eigenvalue weighted by Gasteiger charge is -2.34. The molecular formula is C34H46N6. The van der Waals surface area contributed by atoms with Gasteiger partial charge in [-0.3, -0.25) is 0 Å². The number of hydrogen-bond acceptors (Lipinski definition) is 6. The van der Waals surface area contributed by atoms with E-state index < -0.39 is 0 Å². The van der Waals surface area contributed by atoms with Gasteiger partial charge in [0.2, 0.25) is 0 Å². The summed E-state index contributed by atoms with van der Waals surface area (Å²) in [6.45, 7) is 13.6. The second kappa shape index (κ2) is 13.7. The minimum atomic E-state index is -0.0599. The fourth-order valence-electron chi connectivity index (χ4n) is 5.70. The third-order valence-electron chi connectivity index (χ3n) is 8.19. The maximum atomic E-state index is 3.87. The molecule has 0 aliphatic carbocycles. The average molecular weight is 539 g/mol. The molecule has 4 aromatic carbocycles. The Morgan fingerprint density at radius 3 is 1.25 bits per heavy atom. The van der Waals surface area contributed by atoms with Gasteiger partial charge in [-0.15, -0.1) is 0 Å². The first-order valence-corrected chi connectivity index (χ1v) is 14.8. The van der Waals surface area contributed by atoms with Gasteiger partial charge < -0.3 is 31.9 Å². The molecule has 40 heavy (non-hydrogen) atoms. The Morgan fingerprint density at radius 1 is 0.500 bits per heavy atom. The van der Waals surface area contributed by atoms with E-state index in [-0.39, 0.29) is 11.1 Å². The molecule has 0 aromatic heterocycles. The molecule has 0 amide bonds. The lowest BCUT2D eigenvalue weighted by molar-refractivity contribution is 0.296. The van der Waals surface area contributed by atoms with Crippen molar-refractivity contribution in [1.82, 2.24) is 31.9 Å². The van der Waals surface area contributed by atoms with Gasteiger partial charge in [0, 0.05) is 76.5 Å². The Balaban J connectivity index is 1.15. The van der Waals surface area contributed by atoms with E-state index in [4.69, 9.17) is 0 Å². The first-order chi connectivity index (χ1) is 19.5. The summed E-state index contributed by atoms with van der Waals surface area (Å²) in [6.07, 6.45) is 0. The van der Waals surface area contributed by atoms with Crippen molar-refractivity contribution in [2.75, 3.05) is 52.4 Å². The Kier molecular flexibility index (Phi) is 9.81. The molecule has 212 valence electrons. The monoisotopic (exact) mass is 538 g/mol. The van der Waals surface area contributed by atoms with Gasteiger partial charge >= 0.3 is 0 Å². The molecule has 1 aliphatic heterocycles. The predicted molar refractivity (Wildman–Crippen MR) is 170 cm³/mol. The van der Waals surface area contributed by atoms with Gasteiger partial charge in [0.05, 0.1) is 0 Å². The summed E-state index contributed by atoms with van der Waals surface area (Å²) in [7, 11) is 0. The van der Waals surface area contributed by atoms with E-state index >= 15 is 0 Å². The lowest BCUT2D eigenvalue weighted by atomic mass is 9.99. The van der Waals surface area contributed by atoms with E-state index in [1.165, 1.54) is 32.7 Å². The van der Waals surface area contributed by atoms with Crippen LogP contribution in [0.1, 0.15) is 25.0 Å². The highest BCUT2D eigenvalue weighted by molar-refractivity contribution is 5.86. The Morgan fingerprint density at radius 2 is 0.850 bits per heavy atom. The summed E-state index contributed by atoms with van der Waals surface area (Å²) in [5.41, 5.74) is 2.57. The molecule has 1 aliphatic rings. The molecule has 4 aromatic rings.